The summed E-state index contributed by atoms with van der Waals surface area (Å²) in [5.74, 6) is 0. The van der Waals surface area contributed by atoms with Crippen LogP contribution in [-0.2, 0) is 0 Å². The fourth-order valence-electron chi connectivity index (χ4n) is 2.18. The van der Waals surface area contributed by atoms with Gasteiger partial charge in [-0.15, -0.1) is 0 Å². The van der Waals surface area contributed by atoms with Crippen molar-refractivity contribution in [2.75, 3.05) is 0 Å². The van der Waals surface area contributed by atoms with Gasteiger partial charge in [0.25, 0.3) is 0 Å². The molecule has 0 amide bonds. The lowest BCUT2D eigenvalue weighted by Crippen LogP contribution is -1.84. The molecule has 20 heavy (non-hydrogen) atoms. The zero-order valence-electron chi connectivity index (χ0n) is 12.1. The molecule has 0 saturated carbocycles. The Morgan fingerprint density at radius 1 is 1.00 bits per heavy atom. The van der Waals surface area contributed by atoms with Gasteiger partial charge in [-0.1, -0.05) is 78.9 Å². The minimum absolute atomic E-state index is 1.14. The molecule has 0 nitrogen and oxygen atoms in total. The van der Waals surface area contributed by atoms with Gasteiger partial charge in [0.05, 0.1) is 0 Å². The first-order valence-corrected chi connectivity index (χ1v) is 6.87. The average molecular weight is 260 g/mol. The van der Waals surface area contributed by atoms with Crippen molar-refractivity contribution in [3.63, 3.8) is 0 Å². The fourth-order valence-corrected chi connectivity index (χ4v) is 2.18. The highest BCUT2D eigenvalue weighted by atomic mass is 14.1. The molecule has 0 saturated heterocycles. The molecule has 0 fully saturated rings. The van der Waals surface area contributed by atoms with Crippen LogP contribution in [0.5, 0.6) is 0 Å². The molecule has 0 heteroatoms. The Morgan fingerprint density at radius 3 is 2.35 bits per heavy atom. The molecule has 0 spiro atoms. The molecule has 0 unspecified atom stereocenters. The van der Waals surface area contributed by atoms with Crippen LogP contribution >= 0.6 is 0 Å². The molecule has 0 aliphatic carbocycles. The Kier molecular flexibility index (Phi) is 4.73. The molecule has 0 radical (unpaired) electrons. The van der Waals surface area contributed by atoms with Crippen LogP contribution in [0.15, 0.2) is 79.4 Å². The van der Waals surface area contributed by atoms with Crippen molar-refractivity contribution >= 4 is 5.57 Å². The third-order valence-electron chi connectivity index (χ3n) is 3.24. The Labute approximate surface area is 121 Å². The molecule has 2 aromatic rings. The van der Waals surface area contributed by atoms with Gasteiger partial charge in [0.2, 0.25) is 0 Å². The molecule has 0 bridgehead atoms. The van der Waals surface area contributed by atoms with E-state index in [2.05, 4.69) is 68.1 Å². The predicted molar refractivity (Wildman–Crippen MR) is 89.6 cm³/mol. The maximum atomic E-state index is 3.90. The van der Waals surface area contributed by atoms with Crippen LogP contribution < -0.4 is 0 Å². The van der Waals surface area contributed by atoms with Gasteiger partial charge in [-0.05, 0) is 42.2 Å². The molecular weight excluding hydrogens is 240 g/mol. The van der Waals surface area contributed by atoms with Gasteiger partial charge in [-0.3, -0.25) is 0 Å². The Balaban J connectivity index is 2.44. The number of hydrogen-bond donors (Lipinski definition) is 0. The zero-order valence-corrected chi connectivity index (χ0v) is 12.1. The van der Waals surface area contributed by atoms with E-state index in [1.807, 2.05) is 25.2 Å². The van der Waals surface area contributed by atoms with Crippen molar-refractivity contribution in [1.82, 2.24) is 0 Å². The van der Waals surface area contributed by atoms with Crippen LogP contribution in [0.4, 0.5) is 0 Å². The van der Waals surface area contributed by atoms with Crippen molar-refractivity contribution in [2.24, 2.45) is 0 Å². The van der Waals surface area contributed by atoms with Crippen molar-refractivity contribution in [3.8, 4) is 11.1 Å². The molecule has 0 aromatic heterocycles. The Bertz CT molecular complexity index is 657. The topological polar surface area (TPSA) is 0 Å². The average Bonchev–Trinajstić information content (AvgIpc) is 2.48. The third-order valence-corrected chi connectivity index (χ3v) is 3.24. The van der Waals surface area contributed by atoms with Gasteiger partial charge in [-0.25, -0.2) is 0 Å². The second kappa shape index (κ2) is 6.72. The quantitative estimate of drug-likeness (QED) is 0.609. The van der Waals surface area contributed by atoms with Crippen LogP contribution in [0, 0.1) is 6.92 Å². The number of aryl methyl sites for hydroxylation is 1. The molecule has 2 rings (SSSR count). The van der Waals surface area contributed by atoms with Crippen LogP contribution in [0.25, 0.3) is 16.7 Å². The highest BCUT2D eigenvalue weighted by Crippen LogP contribution is 2.25. The van der Waals surface area contributed by atoms with Crippen molar-refractivity contribution in [3.05, 3.63) is 90.5 Å². The number of benzene rings is 2. The SMILES string of the molecule is C=C/C(=C\C=C/C)c1cccc(-c2cccc(C)c2)c1. The molecule has 100 valence electrons. The summed E-state index contributed by atoms with van der Waals surface area (Å²) in [7, 11) is 0. The lowest BCUT2D eigenvalue weighted by atomic mass is 9.98. The second-order valence-corrected chi connectivity index (χ2v) is 4.80. The summed E-state index contributed by atoms with van der Waals surface area (Å²) in [5.41, 5.74) is 6.09. The highest BCUT2D eigenvalue weighted by Gasteiger charge is 2.01. The molecule has 0 N–H and O–H groups in total. The zero-order chi connectivity index (χ0) is 14.4. The summed E-state index contributed by atoms with van der Waals surface area (Å²) in [6.07, 6.45) is 8.04. The van der Waals surface area contributed by atoms with Crippen LogP contribution in [0.3, 0.4) is 0 Å². The van der Waals surface area contributed by atoms with E-state index in [-0.39, 0.29) is 0 Å². The monoisotopic (exact) mass is 260 g/mol. The van der Waals surface area contributed by atoms with E-state index in [1.54, 1.807) is 0 Å². The van der Waals surface area contributed by atoms with Crippen LogP contribution in [-0.4, -0.2) is 0 Å². The second-order valence-electron chi connectivity index (χ2n) is 4.80. The van der Waals surface area contributed by atoms with Gasteiger partial charge in [-0.2, -0.15) is 0 Å². The molecular formula is C20H20. The minimum atomic E-state index is 1.14. The molecule has 0 aliphatic heterocycles. The van der Waals surface area contributed by atoms with Crippen molar-refractivity contribution in [2.45, 2.75) is 13.8 Å². The van der Waals surface area contributed by atoms with E-state index < -0.39 is 0 Å². The summed E-state index contributed by atoms with van der Waals surface area (Å²) in [6, 6.07) is 17.2. The summed E-state index contributed by atoms with van der Waals surface area (Å²) in [5, 5.41) is 0. The first-order chi connectivity index (χ1) is 9.74. The Morgan fingerprint density at radius 2 is 1.70 bits per heavy atom. The van der Waals surface area contributed by atoms with E-state index in [0.29, 0.717) is 0 Å². The van der Waals surface area contributed by atoms with Gasteiger partial charge in [0.1, 0.15) is 0 Å². The largest absolute Gasteiger partial charge is 0.0984 e. The van der Waals surface area contributed by atoms with Gasteiger partial charge >= 0.3 is 0 Å². The van der Waals surface area contributed by atoms with Crippen molar-refractivity contribution in [1.29, 1.82) is 0 Å². The van der Waals surface area contributed by atoms with E-state index in [0.717, 1.165) is 5.57 Å². The summed E-state index contributed by atoms with van der Waals surface area (Å²) < 4.78 is 0. The summed E-state index contributed by atoms with van der Waals surface area (Å²) >= 11 is 0. The normalized spacial score (nSPS) is 11.8. The van der Waals surface area contributed by atoms with Gasteiger partial charge in [0.15, 0.2) is 0 Å². The maximum Gasteiger partial charge on any atom is -0.0178 e. The lowest BCUT2D eigenvalue weighted by molar-refractivity contribution is 1.46. The number of rotatable bonds is 4. The maximum absolute atomic E-state index is 3.90. The first-order valence-electron chi connectivity index (χ1n) is 6.87. The van der Waals surface area contributed by atoms with E-state index in [4.69, 9.17) is 0 Å². The van der Waals surface area contributed by atoms with E-state index >= 15 is 0 Å². The minimum Gasteiger partial charge on any atom is -0.0984 e. The van der Waals surface area contributed by atoms with Crippen LogP contribution in [0.2, 0.25) is 0 Å². The first kappa shape index (κ1) is 14.1. The predicted octanol–water partition coefficient (Wildman–Crippen LogP) is 5.81. The molecule has 0 aliphatic rings. The highest BCUT2D eigenvalue weighted by molar-refractivity contribution is 5.78. The smallest absolute Gasteiger partial charge is 0.0178 e. The van der Waals surface area contributed by atoms with Crippen molar-refractivity contribution < 1.29 is 0 Å². The fraction of sp³-hybridized carbons (Fsp3) is 0.100. The van der Waals surface area contributed by atoms with Gasteiger partial charge < -0.3 is 0 Å². The third kappa shape index (κ3) is 3.36. The van der Waals surface area contributed by atoms with E-state index in [9.17, 15) is 0 Å². The Hall–Kier alpha value is -2.34. The standard InChI is InChI=1S/C20H20/c1-4-6-10-17(5-2)19-12-8-13-20(15-19)18-11-7-9-16(3)14-18/h4-15H,2H2,1,3H3/b6-4-,17-10+. The lowest BCUT2D eigenvalue weighted by Gasteiger charge is -2.07. The van der Waals surface area contributed by atoms with Crippen LogP contribution in [0.1, 0.15) is 18.1 Å². The van der Waals surface area contributed by atoms with E-state index in [1.165, 1.54) is 22.3 Å². The molecule has 0 atom stereocenters. The molecule has 0 heterocycles. The summed E-state index contributed by atoms with van der Waals surface area (Å²) in [6.45, 7) is 8.04. The van der Waals surface area contributed by atoms with Gasteiger partial charge in [0, 0.05) is 0 Å². The summed E-state index contributed by atoms with van der Waals surface area (Å²) in [4.78, 5) is 0. The number of allylic oxidation sites excluding steroid dienone is 5. The number of hydrogen-bond acceptors (Lipinski definition) is 0. The molecule has 2 aromatic carbocycles.